The van der Waals surface area contributed by atoms with Gasteiger partial charge in [-0.2, -0.15) is 0 Å². The lowest BCUT2D eigenvalue weighted by Gasteiger charge is -2.23. The van der Waals surface area contributed by atoms with Crippen molar-refractivity contribution in [3.63, 3.8) is 0 Å². The van der Waals surface area contributed by atoms with Crippen LogP contribution in [-0.2, 0) is 11.2 Å². The van der Waals surface area contributed by atoms with Crippen molar-refractivity contribution >= 4 is 5.91 Å². The molecule has 3 nitrogen and oxygen atoms in total. The van der Waals surface area contributed by atoms with Gasteiger partial charge in [0.1, 0.15) is 0 Å². The van der Waals surface area contributed by atoms with Gasteiger partial charge < -0.3 is 10.2 Å². The molecule has 3 rings (SSSR count). The van der Waals surface area contributed by atoms with Gasteiger partial charge in [0, 0.05) is 32.1 Å². The first-order valence-electron chi connectivity index (χ1n) is 6.89. The Kier molecular flexibility index (Phi) is 3.33. The van der Waals surface area contributed by atoms with Crippen LogP contribution in [0.3, 0.4) is 0 Å². The third kappa shape index (κ3) is 2.27. The average molecular weight is 244 g/mol. The van der Waals surface area contributed by atoms with Gasteiger partial charge in [-0.05, 0) is 24.3 Å². The van der Waals surface area contributed by atoms with Crippen molar-refractivity contribution in [1.82, 2.24) is 10.2 Å². The number of amides is 1. The van der Waals surface area contributed by atoms with Gasteiger partial charge in [0.2, 0.25) is 5.91 Å². The SMILES string of the molecule is O=C(CCc1ccccc1)N1CC[C@@H]2CNC[C@@H]21. The molecule has 2 saturated heterocycles. The predicted octanol–water partition coefficient (Wildman–Crippen LogP) is 1.44. The van der Waals surface area contributed by atoms with Crippen molar-refractivity contribution in [2.75, 3.05) is 19.6 Å². The van der Waals surface area contributed by atoms with Crippen LogP contribution in [0.2, 0.25) is 0 Å². The molecule has 2 atom stereocenters. The highest BCUT2D eigenvalue weighted by Crippen LogP contribution is 2.27. The number of aryl methyl sites for hydroxylation is 1. The zero-order valence-electron chi connectivity index (χ0n) is 10.6. The van der Waals surface area contributed by atoms with E-state index in [-0.39, 0.29) is 0 Å². The molecule has 0 spiro atoms. The Balaban J connectivity index is 1.56. The van der Waals surface area contributed by atoms with E-state index in [0.29, 0.717) is 24.3 Å². The highest BCUT2D eigenvalue weighted by molar-refractivity contribution is 5.77. The van der Waals surface area contributed by atoms with Crippen molar-refractivity contribution < 1.29 is 4.79 Å². The number of carbonyl (C=O) groups excluding carboxylic acids is 1. The molecule has 18 heavy (non-hydrogen) atoms. The number of carbonyl (C=O) groups is 1. The maximum atomic E-state index is 12.3. The number of fused-ring (bicyclic) bond motifs is 1. The summed E-state index contributed by atoms with van der Waals surface area (Å²) in [5.41, 5.74) is 1.26. The van der Waals surface area contributed by atoms with Gasteiger partial charge in [0.25, 0.3) is 0 Å². The quantitative estimate of drug-likeness (QED) is 0.872. The van der Waals surface area contributed by atoms with Crippen LogP contribution < -0.4 is 5.32 Å². The second kappa shape index (κ2) is 5.11. The summed E-state index contributed by atoms with van der Waals surface area (Å²) >= 11 is 0. The van der Waals surface area contributed by atoms with Gasteiger partial charge in [-0.15, -0.1) is 0 Å². The molecule has 96 valence electrons. The minimum Gasteiger partial charge on any atom is -0.338 e. The van der Waals surface area contributed by atoms with Crippen molar-refractivity contribution in [3.8, 4) is 0 Å². The summed E-state index contributed by atoms with van der Waals surface area (Å²) < 4.78 is 0. The molecule has 3 heteroatoms. The fourth-order valence-corrected chi connectivity index (χ4v) is 3.20. The molecular formula is C15H20N2O. The van der Waals surface area contributed by atoms with Gasteiger partial charge in [-0.3, -0.25) is 4.79 Å². The Hall–Kier alpha value is -1.35. The van der Waals surface area contributed by atoms with Gasteiger partial charge in [-0.1, -0.05) is 30.3 Å². The van der Waals surface area contributed by atoms with Crippen LogP contribution in [0.5, 0.6) is 0 Å². The third-order valence-electron chi connectivity index (χ3n) is 4.24. The number of nitrogens with one attached hydrogen (secondary N) is 1. The lowest BCUT2D eigenvalue weighted by atomic mass is 10.0. The lowest BCUT2D eigenvalue weighted by Crippen LogP contribution is -2.39. The number of rotatable bonds is 3. The zero-order chi connectivity index (χ0) is 12.4. The van der Waals surface area contributed by atoms with Gasteiger partial charge in [0.05, 0.1) is 0 Å². The summed E-state index contributed by atoms with van der Waals surface area (Å²) in [5.74, 6) is 1.03. The molecule has 1 N–H and O–H groups in total. The maximum absolute atomic E-state index is 12.3. The summed E-state index contributed by atoms with van der Waals surface area (Å²) in [6.07, 6.45) is 2.68. The number of hydrogen-bond donors (Lipinski definition) is 1. The van der Waals surface area contributed by atoms with E-state index < -0.39 is 0 Å². The van der Waals surface area contributed by atoms with Crippen LogP contribution in [0.4, 0.5) is 0 Å². The molecule has 1 aromatic carbocycles. The minimum atomic E-state index is 0.329. The van der Waals surface area contributed by atoms with Crippen LogP contribution >= 0.6 is 0 Å². The number of nitrogens with zero attached hydrogens (tertiary/aromatic N) is 1. The van der Waals surface area contributed by atoms with Crippen LogP contribution in [0.1, 0.15) is 18.4 Å². The van der Waals surface area contributed by atoms with Gasteiger partial charge in [0.15, 0.2) is 0 Å². The number of benzene rings is 1. The standard InChI is InChI=1S/C15H20N2O/c18-15(7-6-12-4-2-1-3-5-12)17-9-8-13-10-16-11-14(13)17/h1-5,13-14,16H,6-11H2/t13-,14+/m1/s1. The van der Waals surface area contributed by atoms with Gasteiger partial charge >= 0.3 is 0 Å². The molecule has 0 unspecified atom stereocenters. The summed E-state index contributed by atoms with van der Waals surface area (Å²) in [7, 11) is 0. The van der Waals surface area contributed by atoms with E-state index >= 15 is 0 Å². The minimum absolute atomic E-state index is 0.329. The number of likely N-dealkylation sites (tertiary alicyclic amines) is 1. The topological polar surface area (TPSA) is 32.3 Å². The summed E-state index contributed by atoms with van der Waals surface area (Å²) in [4.78, 5) is 14.4. The molecule has 0 bridgehead atoms. The van der Waals surface area contributed by atoms with E-state index in [4.69, 9.17) is 0 Å². The van der Waals surface area contributed by atoms with E-state index in [1.165, 1.54) is 12.0 Å². The molecule has 0 saturated carbocycles. The smallest absolute Gasteiger partial charge is 0.223 e. The molecule has 1 amide bonds. The zero-order valence-corrected chi connectivity index (χ0v) is 10.6. The third-order valence-corrected chi connectivity index (χ3v) is 4.24. The Labute approximate surface area is 108 Å². The first kappa shape index (κ1) is 11.7. The van der Waals surface area contributed by atoms with E-state index in [2.05, 4.69) is 22.3 Å². The molecule has 1 aromatic rings. The van der Waals surface area contributed by atoms with Crippen LogP contribution in [-0.4, -0.2) is 36.5 Å². The van der Waals surface area contributed by atoms with Crippen LogP contribution in [0, 0.1) is 5.92 Å². The van der Waals surface area contributed by atoms with Crippen LogP contribution in [0.15, 0.2) is 30.3 Å². The number of hydrogen-bond acceptors (Lipinski definition) is 2. The Bertz CT molecular complexity index is 418. The van der Waals surface area contributed by atoms with Crippen molar-refractivity contribution in [2.45, 2.75) is 25.3 Å². The maximum Gasteiger partial charge on any atom is 0.223 e. The van der Waals surface area contributed by atoms with Crippen molar-refractivity contribution in [3.05, 3.63) is 35.9 Å². The summed E-state index contributed by atoms with van der Waals surface area (Å²) in [5, 5.41) is 3.39. The van der Waals surface area contributed by atoms with Gasteiger partial charge in [-0.25, -0.2) is 0 Å². The van der Waals surface area contributed by atoms with Crippen LogP contribution in [0.25, 0.3) is 0 Å². The first-order chi connectivity index (χ1) is 8.84. The monoisotopic (exact) mass is 244 g/mol. The summed E-state index contributed by atoms with van der Waals surface area (Å²) in [6.45, 7) is 3.04. The molecule has 0 aromatic heterocycles. The molecule has 0 aliphatic carbocycles. The average Bonchev–Trinajstić information content (AvgIpc) is 2.99. The molecule has 0 radical (unpaired) electrons. The Morgan fingerprint density at radius 1 is 1.28 bits per heavy atom. The molecule has 2 fully saturated rings. The normalized spacial score (nSPS) is 26.3. The second-order valence-electron chi connectivity index (χ2n) is 5.35. The lowest BCUT2D eigenvalue weighted by molar-refractivity contribution is -0.131. The summed E-state index contributed by atoms with van der Waals surface area (Å²) in [6, 6.07) is 10.7. The molecule has 2 aliphatic heterocycles. The largest absolute Gasteiger partial charge is 0.338 e. The van der Waals surface area contributed by atoms with E-state index in [1.54, 1.807) is 0 Å². The van der Waals surface area contributed by atoms with E-state index in [9.17, 15) is 4.79 Å². The highest BCUT2D eigenvalue weighted by Gasteiger charge is 2.39. The van der Waals surface area contributed by atoms with E-state index in [1.807, 2.05) is 18.2 Å². The fourth-order valence-electron chi connectivity index (χ4n) is 3.20. The molecule has 2 aliphatic rings. The second-order valence-corrected chi connectivity index (χ2v) is 5.35. The van der Waals surface area contributed by atoms with Crippen molar-refractivity contribution in [2.24, 2.45) is 5.92 Å². The Morgan fingerprint density at radius 2 is 2.11 bits per heavy atom. The van der Waals surface area contributed by atoms with Crippen molar-refractivity contribution in [1.29, 1.82) is 0 Å². The fraction of sp³-hybridized carbons (Fsp3) is 0.533. The van der Waals surface area contributed by atoms with E-state index in [0.717, 1.165) is 26.1 Å². The predicted molar refractivity (Wildman–Crippen MR) is 71.2 cm³/mol. The Morgan fingerprint density at radius 3 is 2.94 bits per heavy atom. The first-order valence-corrected chi connectivity index (χ1v) is 6.89. The molecular weight excluding hydrogens is 224 g/mol. The molecule has 2 heterocycles. The highest BCUT2D eigenvalue weighted by atomic mass is 16.2.